The zero-order valence-electron chi connectivity index (χ0n) is 17.1. The molecule has 3 rings (SSSR count). The molecule has 0 bridgehead atoms. The number of rotatable bonds is 5. The number of nitriles is 1. The molecule has 0 spiro atoms. The third kappa shape index (κ3) is 4.72. The summed E-state index contributed by atoms with van der Waals surface area (Å²) in [5.41, 5.74) is 6.72. The maximum atomic E-state index is 12.6. The number of nitrogens with two attached hydrogens (primary N) is 1. The van der Waals surface area contributed by atoms with E-state index in [1.165, 1.54) is 24.3 Å². The summed E-state index contributed by atoms with van der Waals surface area (Å²) in [6, 6.07) is 12.8. The van der Waals surface area contributed by atoms with Crippen molar-refractivity contribution in [2.75, 3.05) is 6.61 Å². The number of carbonyl (C=O) groups excluding carboxylic acids is 2. The van der Waals surface area contributed by atoms with Gasteiger partial charge in [-0.15, -0.1) is 0 Å². The Morgan fingerprint density at radius 3 is 2.59 bits per heavy atom. The van der Waals surface area contributed by atoms with Gasteiger partial charge in [-0.25, -0.2) is 9.59 Å². The highest BCUT2D eigenvalue weighted by atomic mass is 35.5. The van der Waals surface area contributed by atoms with E-state index in [2.05, 4.69) is 0 Å². The molecular weight excluding hydrogens is 455 g/mol. The van der Waals surface area contributed by atoms with Gasteiger partial charge in [-0.1, -0.05) is 35.3 Å². The molecule has 164 valence electrons. The average Bonchev–Trinajstić information content (AvgIpc) is 2.73. The molecule has 2 N–H and O–H groups in total. The van der Waals surface area contributed by atoms with Gasteiger partial charge in [0, 0.05) is 5.02 Å². The average molecular weight is 473 g/mol. The molecule has 1 unspecified atom stereocenters. The zero-order chi connectivity index (χ0) is 23.4. The maximum Gasteiger partial charge on any atom is 0.345 e. The number of esters is 2. The van der Waals surface area contributed by atoms with Crippen LogP contribution in [0.15, 0.2) is 65.3 Å². The molecule has 32 heavy (non-hydrogen) atoms. The van der Waals surface area contributed by atoms with Crippen molar-refractivity contribution in [1.82, 2.24) is 0 Å². The predicted molar refractivity (Wildman–Crippen MR) is 118 cm³/mol. The monoisotopic (exact) mass is 472 g/mol. The second-order valence-corrected chi connectivity index (χ2v) is 7.54. The van der Waals surface area contributed by atoms with Crippen LogP contribution in [0, 0.1) is 11.3 Å². The predicted octanol–water partition coefficient (Wildman–Crippen LogP) is 4.86. The summed E-state index contributed by atoms with van der Waals surface area (Å²) in [5, 5.41) is 10.2. The molecule has 0 amide bonds. The molecule has 2 aromatic carbocycles. The minimum Gasteiger partial charge on any atom is -0.463 e. The molecule has 1 heterocycles. The van der Waals surface area contributed by atoms with Crippen molar-refractivity contribution in [3.8, 4) is 11.8 Å². The fourth-order valence-corrected chi connectivity index (χ4v) is 3.75. The molecule has 9 heteroatoms. The van der Waals surface area contributed by atoms with E-state index in [0.29, 0.717) is 10.6 Å². The van der Waals surface area contributed by atoms with Crippen LogP contribution in [0.4, 0.5) is 0 Å². The Morgan fingerprint density at radius 2 is 1.94 bits per heavy atom. The first-order valence-electron chi connectivity index (χ1n) is 9.49. The highest BCUT2D eigenvalue weighted by molar-refractivity contribution is 6.36. The molecule has 0 aromatic heterocycles. The second-order valence-electron chi connectivity index (χ2n) is 6.70. The highest BCUT2D eigenvalue weighted by Crippen LogP contribution is 2.40. The first kappa shape index (κ1) is 23.2. The van der Waals surface area contributed by atoms with E-state index in [1.54, 1.807) is 32.0 Å². The summed E-state index contributed by atoms with van der Waals surface area (Å²) in [6.07, 6.45) is 0. The quantitative estimate of drug-likeness (QED) is 0.488. The van der Waals surface area contributed by atoms with Crippen LogP contribution in [-0.4, -0.2) is 18.5 Å². The van der Waals surface area contributed by atoms with Gasteiger partial charge in [0.05, 0.1) is 28.7 Å². The maximum absolute atomic E-state index is 12.6. The molecule has 0 saturated carbocycles. The summed E-state index contributed by atoms with van der Waals surface area (Å²) in [5.74, 6) is -1.89. The van der Waals surface area contributed by atoms with Crippen LogP contribution in [0.2, 0.25) is 10.0 Å². The number of ether oxygens (including phenoxy) is 3. The first-order chi connectivity index (χ1) is 15.3. The van der Waals surface area contributed by atoms with E-state index >= 15 is 0 Å². The van der Waals surface area contributed by atoms with Crippen LogP contribution in [0.25, 0.3) is 0 Å². The van der Waals surface area contributed by atoms with Crippen LogP contribution in [-0.2, 0) is 14.3 Å². The molecule has 0 fully saturated rings. The van der Waals surface area contributed by atoms with Gasteiger partial charge in [0.15, 0.2) is 0 Å². The van der Waals surface area contributed by atoms with Gasteiger partial charge >= 0.3 is 11.9 Å². The Balaban J connectivity index is 2.00. The van der Waals surface area contributed by atoms with E-state index in [4.69, 9.17) is 43.1 Å². The van der Waals surface area contributed by atoms with Crippen molar-refractivity contribution in [3.63, 3.8) is 0 Å². The number of halogens is 2. The van der Waals surface area contributed by atoms with Crippen molar-refractivity contribution < 1.29 is 23.8 Å². The Hall–Kier alpha value is -3.47. The zero-order valence-corrected chi connectivity index (χ0v) is 18.7. The largest absolute Gasteiger partial charge is 0.463 e. The van der Waals surface area contributed by atoms with Crippen LogP contribution in [0.1, 0.15) is 35.7 Å². The van der Waals surface area contributed by atoms with Gasteiger partial charge in [0.25, 0.3) is 0 Å². The smallest absolute Gasteiger partial charge is 0.345 e. The van der Waals surface area contributed by atoms with Gasteiger partial charge in [-0.3, -0.25) is 0 Å². The van der Waals surface area contributed by atoms with Crippen molar-refractivity contribution in [2.24, 2.45) is 5.73 Å². The summed E-state index contributed by atoms with van der Waals surface area (Å²) in [7, 11) is 0. The first-order valence-corrected chi connectivity index (χ1v) is 10.2. The Morgan fingerprint density at radius 1 is 1.19 bits per heavy atom. The number of hydrogen-bond acceptors (Lipinski definition) is 7. The Kier molecular flexibility index (Phi) is 7.08. The van der Waals surface area contributed by atoms with E-state index < -0.39 is 17.9 Å². The highest BCUT2D eigenvalue weighted by Gasteiger charge is 2.36. The fraction of sp³-hybridized carbons (Fsp3) is 0.174. The molecular formula is C23H18Cl2N2O5. The van der Waals surface area contributed by atoms with Crippen LogP contribution in [0.5, 0.6) is 5.75 Å². The van der Waals surface area contributed by atoms with Crippen molar-refractivity contribution in [2.45, 2.75) is 19.8 Å². The van der Waals surface area contributed by atoms with Gasteiger partial charge in [0.2, 0.25) is 5.88 Å². The molecule has 1 aliphatic heterocycles. The van der Waals surface area contributed by atoms with Gasteiger partial charge < -0.3 is 19.9 Å². The number of allylic oxidation sites excluding steroid dienone is 2. The van der Waals surface area contributed by atoms with E-state index in [-0.39, 0.29) is 45.7 Å². The van der Waals surface area contributed by atoms with E-state index in [1.807, 2.05) is 6.07 Å². The van der Waals surface area contributed by atoms with Crippen molar-refractivity contribution >= 4 is 35.1 Å². The normalized spacial score (nSPS) is 15.7. The Bertz CT molecular complexity index is 1200. The number of carbonyl (C=O) groups is 2. The lowest BCUT2D eigenvalue weighted by molar-refractivity contribution is -0.139. The summed E-state index contributed by atoms with van der Waals surface area (Å²) in [4.78, 5) is 25.2. The summed E-state index contributed by atoms with van der Waals surface area (Å²) >= 11 is 12.0. The summed E-state index contributed by atoms with van der Waals surface area (Å²) < 4.78 is 16.0. The number of benzene rings is 2. The standard InChI is InChI=1S/C23H18Cl2N2O5/c1-3-30-23(29)19-12(2)31-21(27)17(11-26)20(19)13-5-4-6-15(9-13)32-22(28)16-8-7-14(24)10-18(16)25/h4-10,20H,3,27H2,1-2H3. The van der Waals surface area contributed by atoms with Gasteiger partial charge in [-0.05, 0) is 49.7 Å². The van der Waals surface area contributed by atoms with E-state index in [0.717, 1.165) is 0 Å². The minimum atomic E-state index is -0.856. The van der Waals surface area contributed by atoms with E-state index in [9.17, 15) is 14.9 Å². The third-order valence-corrected chi connectivity index (χ3v) is 5.20. The van der Waals surface area contributed by atoms with Crippen LogP contribution in [0.3, 0.4) is 0 Å². The van der Waals surface area contributed by atoms with Crippen LogP contribution < -0.4 is 10.5 Å². The second kappa shape index (κ2) is 9.77. The minimum absolute atomic E-state index is 0.0443. The SMILES string of the molecule is CCOC(=O)C1=C(C)OC(N)=C(C#N)C1c1cccc(OC(=O)c2ccc(Cl)cc2Cl)c1. The molecule has 1 aliphatic rings. The molecule has 0 radical (unpaired) electrons. The Labute approximate surface area is 194 Å². The number of nitrogens with zero attached hydrogens (tertiary/aromatic N) is 1. The lowest BCUT2D eigenvalue weighted by atomic mass is 9.83. The lowest BCUT2D eigenvalue weighted by Gasteiger charge is -2.27. The lowest BCUT2D eigenvalue weighted by Crippen LogP contribution is -2.25. The fourth-order valence-electron chi connectivity index (χ4n) is 3.26. The molecule has 7 nitrogen and oxygen atoms in total. The molecule has 2 aromatic rings. The number of hydrogen-bond donors (Lipinski definition) is 1. The third-order valence-electron chi connectivity index (χ3n) is 4.65. The molecule has 0 aliphatic carbocycles. The van der Waals surface area contributed by atoms with Gasteiger partial charge in [-0.2, -0.15) is 5.26 Å². The summed E-state index contributed by atoms with van der Waals surface area (Å²) in [6.45, 7) is 3.37. The van der Waals surface area contributed by atoms with Crippen LogP contribution >= 0.6 is 23.2 Å². The van der Waals surface area contributed by atoms with Crippen molar-refractivity contribution in [3.05, 3.63) is 86.4 Å². The molecule has 1 atom stereocenters. The topological polar surface area (TPSA) is 112 Å². The van der Waals surface area contributed by atoms with Gasteiger partial charge in [0.1, 0.15) is 23.2 Å². The molecule has 0 saturated heterocycles. The van der Waals surface area contributed by atoms with Crippen molar-refractivity contribution in [1.29, 1.82) is 5.26 Å².